The number of hydrogen-bond donors (Lipinski definition) is 2. The largest absolute Gasteiger partial charge is 0.378 e. The van der Waals surface area contributed by atoms with E-state index in [1.807, 2.05) is 44.2 Å². The van der Waals surface area contributed by atoms with Gasteiger partial charge in [-0.25, -0.2) is 0 Å². The molecular weight excluding hydrogens is 278 g/mol. The Bertz CT molecular complexity index is 672. The lowest BCUT2D eigenvalue weighted by Gasteiger charge is -2.30. The number of aromatic amines is 1. The van der Waals surface area contributed by atoms with Crippen molar-refractivity contribution < 1.29 is 9.53 Å². The second-order valence-electron chi connectivity index (χ2n) is 5.56. The maximum absolute atomic E-state index is 12.5. The molecule has 1 aromatic heterocycles. The van der Waals surface area contributed by atoms with Crippen LogP contribution in [0.5, 0.6) is 0 Å². The molecule has 1 aliphatic rings. The molecule has 0 aliphatic carbocycles. The first-order valence-electron chi connectivity index (χ1n) is 7.54. The van der Waals surface area contributed by atoms with Gasteiger partial charge in [-0.2, -0.15) is 0 Å². The highest BCUT2D eigenvalue weighted by molar-refractivity contribution is 6.06. The molecule has 1 aliphatic heterocycles. The maximum atomic E-state index is 12.5. The van der Waals surface area contributed by atoms with Gasteiger partial charge >= 0.3 is 0 Å². The number of para-hydroxylation sites is 2. The van der Waals surface area contributed by atoms with Crippen LogP contribution in [0.2, 0.25) is 0 Å². The van der Waals surface area contributed by atoms with E-state index in [1.54, 1.807) is 0 Å². The second kappa shape index (κ2) is 6.23. The standard InChI is InChI=1S/C17H21N3O2/c1-12-11-14(13(2)18-12)17(21)19-15-5-3-4-6-16(15)20-7-9-22-10-8-20/h3-6,11,18H,7-10H2,1-2H3,(H,19,21). The van der Waals surface area contributed by atoms with Gasteiger partial charge in [-0.05, 0) is 32.0 Å². The molecule has 5 heteroatoms. The molecule has 0 spiro atoms. The Morgan fingerprint density at radius 1 is 1.23 bits per heavy atom. The van der Waals surface area contributed by atoms with E-state index in [-0.39, 0.29) is 5.91 Å². The normalized spacial score (nSPS) is 14.9. The Morgan fingerprint density at radius 2 is 1.95 bits per heavy atom. The number of nitrogens with one attached hydrogen (secondary N) is 2. The van der Waals surface area contributed by atoms with E-state index in [4.69, 9.17) is 4.74 Å². The van der Waals surface area contributed by atoms with E-state index in [9.17, 15) is 4.79 Å². The topological polar surface area (TPSA) is 57.4 Å². The van der Waals surface area contributed by atoms with E-state index >= 15 is 0 Å². The van der Waals surface area contributed by atoms with Crippen LogP contribution in [0.3, 0.4) is 0 Å². The van der Waals surface area contributed by atoms with Gasteiger partial charge in [0.15, 0.2) is 0 Å². The first-order valence-corrected chi connectivity index (χ1v) is 7.54. The Balaban J connectivity index is 1.83. The van der Waals surface area contributed by atoms with E-state index in [0.29, 0.717) is 5.56 Å². The van der Waals surface area contributed by atoms with Crippen LogP contribution in [0.4, 0.5) is 11.4 Å². The minimum Gasteiger partial charge on any atom is -0.378 e. The summed E-state index contributed by atoms with van der Waals surface area (Å²) < 4.78 is 5.40. The summed E-state index contributed by atoms with van der Waals surface area (Å²) in [6.45, 7) is 6.99. The SMILES string of the molecule is Cc1cc(C(=O)Nc2ccccc2N2CCOCC2)c(C)[nH]1. The van der Waals surface area contributed by atoms with Gasteiger partial charge in [0.25, 0.3) is 5.91 Å². The molecule has 2 aromatic rings. The van der Waals surface area contributed by atoms with Crippen LogP contribution < -0.4 is 10.2 Å². The Labute approximate surface area is 130 Å². The van der Waals surface area contributed by atoms with Crippen LogP contribution >= 0.6 is 0 Å². The number of carbonyl (C=O) groups is 1. The average Bonchev–Trinajstić information content (AvgIpc) is 2.87. The number of nitrogens with zero attached hydrogens (tertiary/aromatic N) is 1. The van der Waals surface area contributed by atoms with Crippen LogP contribution in [-0.4, -0.2) is 37.2 Å². The van der Waals surface area contributed by atoms with Gasteiger partial charge in [0.05, 0.1) is 30.2 Å². The Kier molecular flexibility index (Phi) is 4.15. The number of carbonyl (C=O) groups excluding carboxylic acids is 1. The summed E-state index contributed by atoms with van der Waals surface area (Å²) in [5.74, 6) is -0.0810. The Hall–Kier alpha value is -2.27. The third-order valence-electron chi connectivity index (χ3n) is 3.90. The predicted octanol–water partition coefficient (Wildman–Crippen LogP) is 2.72. The zero-order valence-electron chi connectivity index (χ0n) is 13.0. The van der Waals surface area contributed by atoms with Crippen molar-refractivity contribution in [2.75, 3.05) is 36.5 Å². The monoisotopic (exact) mass is 299 g/mol. The number of aromatic nitrogens is 1. The maximum Gasteiger partial charge on any atom is 0.257 e. The highest BCUT2D eigenvalue weighted by Gasteiger charge is 2.17. The third kappa shape index (κ3) is 2.99. The number of anilines is 2. The molecule has 5 nitrogen and oxygen atoms in total. The number of morpholine rings is 1. The first kappa shape index (κ1) is 14.7. The van der Waals surface area contributed by atoms with Crippen molar-refractivity contribution in [3.63, 3.8) is 0 Å². The summed E-state index contributed by atoms with van der Waals surface area (Å²) >= 11 is 0. The second-order valence-corrected chi connectivity index (χ2v) is 5.56. The van der Waals surface area contributed by atoms with Crippen LogP contribution in [0.1, 0.15) is 21.7 Å². The van der Waals surface area contributed by atoms with E-state index in [0.717, 1.165) is 49.1 Å². The fraction of sp³-hybridized carbons (Fsp3) is 0.353. The molecule has 0 saturated carbocycles. The lowest BCUT2D eigenvalue weighted by atomic mass is 10.2. The molecule has 1 aromatic carbocycles. The molecule has 3 rings (SSSR count). The molecule has 0 unspecified atom stereocenters. The van der Waals surface area contributed by atoms with Gasteiger partial charge in [0.1, 0.15) is 0 Å². The number of H-pyrrole nitrogens is 1. The average molecular weight is 299 g/mol. The van der Waals surface area contributed by atoms with Gasteiger partial charge in [0, 0.05) is 24.5 Å². The van der Waals surface area contributed by atoms with Crippen molar-refractivity contribution in [1.82, 2.24) is 4.98 Å². The fourth-order valence-electron chi connectivity index (χ4n) is 2.81. The smallest absolute Gasteiger partial charge is 0.257 e. The van der Waals surface area contributed by atoms with Gasteiger partial charge in [-0.3, -0.25) is 4.79 Å². The number of benzene rings is 1. The van der Waals surface area contributed by atoms with Crippen molar-refractivity contribution >= 4 is 17.3 Å². The van der Waals surface area contributed by atoms with Gasteiger partial charge in [0.2, 0.25) is 0 Å². The summed E-state index contributed by atoms with van der Waals surface area (Å²) in [5.41, 5.74) is 4.45. The van der Waals surface area contributed by atoms with Gasteiger partial charge < -0.3 is 19.9 Å². The van der Waals surface area contributed by atoms with Gasteiger partial charge in [-0.15, -0.1) is 0 Å². The predicted molar refractivity (Wildman–Crippen MR) is 87.7 cm³/mol. The van der Waals surface area contributed by atoms with Crippen LogP contribution in [0, 0.1) is 13.8 Å². The molecule has 116 valence electrons. The summed E-state index contributed by atoms with van der Waals surface area (Å²) in [5, 5.41) is 3.04. The summed E-state index contributed by atoms with van der Waals surface area (Å²) in [7, 11) is 0. The highest BCUT2D eigenvalue weighted by Crippen LogP contribution is 2.27. The van der Waals surface area contributed by atoms with Crippen LogP contribution in [-0.2, 0) is 4.74 Å². The molecule has 2 heterocycles. The molecule has 2 N–H and O–H groups in total. The summed E-state index contributed by atoms with van der Waals surface area (Å²) in [4.78, 5) is 17.9. The minimum atomic E-state index is -0.0810. The number of ether oxygens (including phenoxy) is 1. The third-order valence-corrected chi connectivity index (χ3v) is 3.90. The van der Waals surface area contributed by atoms with Crippen LogP contribution in [0.25, 0.3) is 0 Å². The molecule has 1 saturated heterocycles. The van der Waals surface area contributed by atoms with Crippen molar-refractivity contribution in [2.45, 2.75) is 13.8 Å². The summed E-state index contributed by atoms with van der Waals surface area (Å²) in [6.07, 6.45) is 0. The minimum absolute atomic E-state index is 0.0810. The molecule has 0 radical (unpaired) electrons. The molecule has 22 heavy (non-hydrogen) atoms. The zero-order chi connectivity index (χ0) is 15.5. The van der Waals surface area contributed by atoms with Crippen molar-refractivity contribution in [3.8, 4) is 0 Å². The van der Waals surface area contributed by atoms with Crippen molar-refractivity contribution in [2.24, 2.45) is 0 Å². The number of hydrogen-bond acceptors (Lipinski definition) is 3. The molecular formula is C17H21N3O2. The zero-order valence-corrected chi connectivity index (χ0v) is 13.0. The summed E-state index contributed by atoms with van der Waals surface area (Å²) in [6, 6.07) is 9.79. The molecule has 1 amide bonds. The van der Waals surface area contributed by atoms with E-state index in [1.165, 1.54) is 0 Å². The van der Waals surface area contributed by atoms with E-state index < -0.39 is 0 Å². The van der Waals surface area contributed by atoms with Gasteiger partial charge in [-0.1, -0.05) is 12.1 Å². The lowest BCUT2D eigenvalue weighted by Crippen LogP contribution is -2.36. The molecule has 0 bridgehead atoms. The number of aryl methyl sites for hydroxylation is 2. The van der Waals surface area contributed by atoms with E-state index in [2.05, 4.69) is 15.2 Å². The fourth-order valence-corrected chi connectivity index (χ4v) is 2.81. The Morgan fingerprint density at radius 3 is 2.64 bits per heavy atom. The highest BCUT2D eigenvalue weighted by atomic mass is 16.5. The quantitative estimate of drug-likeness (QED) is 0.916. The van der Waals surface area contributed by atoms with Crippen molar-refractivity contribution in [1.29, 1.82) is 0 Å². The van der Waals surface area contributed by atoms with Crippen LogP contribution in [0.15, 0.2) is 30.3 Å². The molecule has 1 fully saturated rings. The number of amides is 1. The van der Waals surface area contributed by atoms with Crippen molar-refractivity contribution in [3.05, 3.63) is 47.3 Å². The lowest BCUT2D eigenvalue weighted by molar-refractivity contribution is 0.102. The first-order chi connectivity index (χ1) is 10.6. The number of rotatable bonds is 3. The molecule has 0 atom stereocenters.